The molecule has 5 nitrogen and oxygen atoms in total. The van der Waals surface area contributed by atoms with Crippen molar-refractivity contribution in [3.8, 4) is 6.07 Å². The Bertz CT molecular complexity index is 705. The van der Waals surface area contributed by atoms with Gasteiger partial charge in [0.1, 0.15) is 5.70 Å². The lowest BCUT2D eigenvalue weighted by molar-refractivity contribution is -0.376. The minimum Gasteiger partial charge on any atom is -0.258 e. The number of hydrogen-bond acceptors (Lipinski definition) is 4. The van der Waals surface area contributed by atoms with E-state index in [-0.39, 0.29) is 5.70 Å². The zero-order valence-corrected chi connectivity index (χ0v) is 9.25. The van der Waals surface area contributed by atoms with Crippen LogP contribution in [0.3, 0.4) is 0 Å². The van der Waals surface area contributed by atoms with Crippen molar-refractivity contribution in [3.63, 3.8) is 0 Å². The first-order valence-corrected chi connectivity index (χ1v) is 5.36. The van der Waals surface area contributed by atoms with Crippen LogP contribution in [0.15, 0.2) is 35.0 Å². The third kappa shape index (κ3) is 1.36. The Labute approximate surface area is 103 Å². The van der Waals surface area contributed by atoms with Gasteiger partial charge in [-0.2, -0.15) is 5.26 Å². The number of rotatable bonds is 1. The number of dihydropyridines is 1. The van der Waals surface area contributed by atoms with Gasteiger partial charge in [-0.1, -0.05) is 0 Å². The van der Waals surface area contributed by atoms with Crippen molar-refractivity contribution in [2.75, 3.05) is 0 Å². The number of aliphatic imine (C=N–C) groups is 1. The molecule has 0 saturated heterocycles. The summed E-state index contributed by atoms with van der Waals surface area (Å²) in [6.45, 7) is 0. The van der Waals surface area contributed by atoms with E-state index in [1.807, 2.05) is 12.1 Å². The number of nitriles is 1. The minimum atomic E-state index is -0.403. The minimum absolute atomic E-state index is 0.0441. The lowest BCUT2D eigenvalue weighted by atomic mass is 9.86. The maximum absolute atomic E-state index is 11.2. The van der Waals surface area contributed by atoms with Gasteiger partial charge in [0.2, 0.25) is 0 Å². The van der Waals surface area contributed by atoms with E-state index >= 15 is 0 Å². The average molecular weight is 237 g/mol. The molecule has 0 fully saturated rings. The molecule has 86 valence electrons. The third-order valence-electron chi connectivity index (χ3n) is 3.07. The lowest BCUT2D eigenvalue weighted by Gasteiger charge is -2.20. The fourth-order valence-corrected chi connectivity index (χ4v) is 2.28. The summed E-state index contributed by atoms with van der Waals surface area (Å²) in [5.74, 6) is 0. The van der Waals surface area contributed by atoms with Gasteiger partial charge in [-0.3, -0.25) is 15.1 Å². The monoisotopic (exact) mass is 237 g/mol. The van der Waals surface area contributed by atoms with Gasteiger partial charge >= 0.3 is 0 Å². The van der Waals surface area contributed by atoms with Crippen molar-refractivity contribution in [1.29, 1.82) is 5.26 Å². The van der Waals surface area contributed by atoms with Crippen molar-refractivity contribution < 1.29 is 4.92 Å². The largest absolute Gasteiger partial charge is 0.298 e. The van der Waals surface area contributed by atoms with Crippen molar-refractivity contribution in [1.82, 2.24) is 0 Å². The summed E-state index contributed by atoms with van der Waals surface area (Å²) in [7, 11) is 0. The highest BCUT2D eigenvalue weighted by atomic mass is 16.6. The number of fused-ring (bicyclic) bond motifs is 4. The Kier molecular flexibility index (Phi) is 2.10. The highest BCUT2D eigenvalue weighted by molar-refractivity contribution is 5.95. The highest BCUT2D eigenvalue weighted by Gasteiger charge is 2.31. The van der Waals surface area contributed by atoms with Gasteiger partial charge in [0, 0.05) is 12.6 Å². The predicted octanol–water partition coefficient (Wildman–Crippen LogP) is 2.38. The molecule has 0 aromatic heterocycles. The van der Waals surface area contributed by atoms with Crippen LogP contribution in [0.2, 0.25) is 0 Å². The smallest absolute Gasteiger partial charge is 0.258 e. The number of nitro groups is 1. The SMILES string of the molecule is N#Cc1ccc2c(c1)C1=CC=NC(=C2[N+](=O)[O-])C1. The van der Waals surface area contributed by atoms with E-state index in [9.17, 15) is 10.1 Å². The molecule has 0 amide bonds. The molecule has 0 atom stereocenters. The van der Waals surface area contributed by atoms with Gasteiger partial charge in [-0.25, -0.2) is 0 Å². The second kappa shape index (κ2) is 3.64. The first-order valence-electron chi connectivity index (χ1n) is 5.36. The van der Waals surface area contributed by atoms with Crippen molar-refractivity contribution >= 4 is 17.5 Å². The molecular formula is C13H7N3O2. The van der Waals surface area contributed by atoms with E-state index in [1.54, 1.807) is 24.4 Å². The molecule has 0 spiro atoms. The van der Waals surface area contributed by atoms with Gasteiger partial charge in [0.05, 0.1) is 22.1 Å². The molecule has 0 N–H and O–H groups in total. The van der Waals surface area contributed by atoms with E-state index in [0.29, 0.717) is 23.2 Å². The standard InChI is InChI=1S/C13H7N3O2/c14-7-8-1-2-10-11(5-8)9-3-4-15-12(6-9)13(10)16(17)18/h1-5H,6H2. The van der Waals surface area contributed by atoms with Crippen LogP contribution in [0.4, 0.5) is 0 Å². The molecule has 0 unspecified atom stereocenters. The molecule has 2 aliphatic rings. The van der Waals surface area contributed by atoms with Crippen LogP contribution >= 0.6 is 0 Å². The van der Waals surface area contributed by atoms with Crippen LogP contribution < -0.4 is 0 Å². The molecular weight excluding hydrogens is 230 g/mol. The molecule has 1 aliphatic heterocycles. The quantitative estimate of drug-likeness (QED) is 0.555. The Morgan fingerprint density at radius 1 is 1.39 bits per heavy atom. The van der Waals surface area contributed by atoms with E-state index < -0.39 is 4.92 Å². The summed E-state index contributed by atoms with van der Waals surface area (Å²) in [5.41, 5.74) is 3.30. The van der Waals surface area contributed by atoms with Gasteiger partial charge in [0.15, 0.2) is 0 Å². The molecule has 1 heterocycles. The summed E-state index contributed by atoms with van der Waals surface area (Å²) in [4.78, 5) is 14.8. The predicted molar refractivity (Wildman–Crippen MR) is 66.2 cm³/mol. The molecule has 0 saturated carbocycles. The van der Waals surface area contributed by atoms with Crippen molar-refractivity contribution in [3.05, 3.63) is 56.8 Å². The van der Waals surface area contributed by atoms with Crippen molar-refractivity contribution in [2.24, 2.45) is 4.99 Å². The Hall–Kier alpha value is -2.74. The maximum atomic E-state index is 11.2. The Balaban J connectivity index is 2.33. The van der Waals surface area contributed by atoms with E-state index in [0.717, 1.165) is 11.1 Å². The number of hydrogen-bond donors (Lipinski definition) is 0. The molecule has 0 radical (unpaired) electrons. The second-order valence-electron chi connectivity index (χ2n) is 4.07. The van der Waals surface area contributed by atoms with Gasteiger partial charge in [-0.15, -0.1) is 0 Å². The van der Waals surface area contributed by atoms with Crippen LogP contribution in [0.25, 0.3) is 11.3 Å². The molecule has 18 heavy (non-hydrogen) atoms. The van der Waals surface area contributed by atoms with Crippen LogP contribution in [0, 0.1) is 21.4 Å². The second-order valence-corrected chi connectivity index (χ2v) is 4.07. The normalized spacial score (nSPS) is 15.8. The van der Waals surface area contributed by atoms with Crippen LogP contribution in [0.5, 0.6) is 0 Å². The fourth-order valence-electron chi connectivity index (χ4n) is 2.28. The molecule has 2 bridgehead atoms. The van der Waals surface area contributed by atoms with Gasteiger partial charge < -0.3 is 0 Å². The lowest BCUT2D eigenvalue weighted by Crippen LogP contribution is -2.12. The fraction of sp³-hybridized carbons (Fsp3) is 0.0769. The van der Waals surface area contributed by atoms with E-state index in [4.69, 9.17) is 5.26 Å². The van der Waals surface area contributed by atoms with E-state index in [1.165, 1.54) is 0 Å². The summed E-state index contributed by atoms with van der Waals surface area (Å²) < 4.78 is 0. The highest BCUT2D eigenvalue weighted by Crippen LogP contribution is 2.40. The third-order valence-corrected chi connectivity index (χ3v) is 3.07. The molecule has 3 rings (SSSR count). The Morgan fingerprint density at radius 2 is 2.22 bits per heavy atom. The molecule has 1 aromatic rings. The topological polar surface area (TPSA) is 79.3 Å². The van der Waals surface area contributed by atoms with Crippen LogP contribution in [-0.4, -0.2) is 11.1 Å². The number of benzene rings is 1. The van der Waals surface area contributed by atoms with Crippen LogP contribution in [0.1, 0.15) is 23.1 Å². The molecule has 1 aliphatic carbocycles. The van der Waals surface area contributed by atoms with E-state index in [2.05, 4.69) is 4.99 Å². The summed E-state index contributed by atoms with van der Waals surface area (Å²) in [6, 6.07) is 6.96. The van der Waals surface area contributed by atoms with Crippen molar-refractivity contribution in [2.45, 2.75) is 6.42 Å². The maximum Gasteiger partial charge on any atom is 0.298 e. The van der Waals surface area contributed by atoms with Crippen LogP contribution in [-0.2, 0) is 0 Å². The number of allylic oxidation sites excluding steroid dienone is 2. The van der Waals surface area contributed by atoms with Gasteiger partial charge in [0.25, 0.3) is 5.70 Å². The summed E-state index contributed by atoms with van der Waals surface area (Å²) >= 11 is 0. The molecule has 1 aromatic carbocycles. The Morgan fingerprint density at radius 3 is 2.94 bits per heavy atom. The zero-order valence-electron chi connectivity index (χ0n) is 9.25. The average Bonchev–Trinajstić information content (AvgIpc) is 2.38. The first kappa shape index (κ1) is 10.4. The molecule has 5 heteroatoms. The van der Waals surface area contributed by atoms with Gasteiger partial charge in [-0.05, 0) is 35.4 Å². The number of nitrogens with zero attached hydrogens (tertiary/aromatic N) is 3. The first-order chi connectivity index (χ1) is 8.70. The summed E-state index contributed by atoms with van der Waals surface area (Å²) in [6.07, 6.45) is 3.86. The summed E-state index contributed by atoms with van der Waals surface area (Å²) in [5, 5.41) is 20.1. The zero-order chi connectivity index (χ0) is 12.7.